The van der Waals surface area contributed by atoms with Gasteiger partial charge in [0.1, 0.15) is 24.4 Å². The first-order valence-corrected chi connectivity index (χ1v) is 18.3. The fourth-order valence-corrected chi connectivity index (χ4v) is 4.64. The zero-order valence-electron chi connectivity index (χ0n) is 33.8. The number of rotatable bonds is 18. The highest BCUT2D eigenvalue weighted by Crippen LogP contribution is 2.26. The van der Waals surface area contributed by atoms with Crippen LogP contribution in [0.25, 0.3) is 0 Å². The van der Waals surface area contributed by atoms with E-state index in [1.165, 1.54) is 0 Å². The van der Waals surface area contributed by atoms with E-state index in [1.807, 2.05) is 93.7 Å². The van der Waals surface area contributed by atoms with Crippen molar-refractivity contribution in [1.82, 2.24) is 0 Å². The third-order valence-corrected chi connectivity index (χ3v) is 8.02. The van der Waals surface area contributed by atoms with Crippen LogP contribution >= 0.6 is 0 Å². The van der Waals surface area contributed by atoms with Gasteiger partial charge in [-0.25, -0.2) is 0 Å². The second kappa shape index (κ2) is 23.9. The number of allylic oxidation sites excluding steroid dienone is 24. The molecular formula is C46H66O7. The Kier molecular flexibility index (Phi) is 21.3. The van der Waals surface area contributed by atoms with Crippen LogP contribution in [0.4, 0.5) is 0 Å². The minimum Gasteiger partial charge on any atom is -0.390 e. The molecule has 0 bridgehead atoms. The maximum atomic E-state index is 10.7. The average Bonchev–Trinajstić information content (AvgIpc) is 3.05. The van der Waals surface area contributed by atoms with Gasteiger partial charge in [-0.05, 0) is 82.6 Å². The van der Waals surface area contributed by atoms with Crippen LogP contribution in [0.15, 0.2) is 155 Å². The van der Waals surface area contributed by atoms with Gasteiger partial charge < -0.3 is 35.0 Å². The van der Waals surface area contributed by atoms with Crippen molar-refractivity contribution in [1.29, 1.82) is 0 Å². The molecular weight excluding hydrogens is 664 g/mol. The van der Waals surface area contributed by atoms with Gasteiger partial charge in [-0.1, -0.05) is 155 Å². The zero-order chi connectivity index (χ0) is 40.2. The van der Waals surface area contributed by atoms with Gasteiger partial charge in [0, 0.05) is 0 Å². The van der Waals surface area contributed by atoms with Crippen molar-refractivity contribution in [3.63, 3.8) is 0 Å². The number of aliphatic hydroxyl groups is 5. The van der Waals surface area contributed by atoms with Gasteiger partial charge in [0.05, 0.1) is 17.3 Å². The molecule has 0 saturated carbocycles. The summed E-state index contributed by atoms with van der Waals surface area (Å²) in [4.78, 5) is 0. The molecule has 6 atom stereocenters. The molecule has 7 nitrogen and oxygen atoms in total. The van der Waals surface area contributed by atoms with Gasteiger partial charge in [-0.3, -0.25) is 0 Å². The lowest BCUT2D eigenvalue weighted by Crippen LogP contribution is -2.58. The molecule has 0 radical (unpaired) electrons. The molecule has 1 fully saturated rings. The summed E-state index contributed by atoms with van der Waals surface area (Å²) < 4.78 is 11.4. The summed E-state index contributed by atoms with van der Waals surface area (Å²) in [6, 6.07) is 0. The minimum absolute atomic E-state index is 0.623. The zero-order valence-corrected chi connectivity index (χ0v) is 33.8. The molecule has 1 heterocycles. The lowest BCUT2D eigenvalue weighted by atomic mass is 9.98. The van der Waals surface area contributed by atoms with Gasteiger partial charge in [0.15, 0.2) is 6.29 Å². The van der Waals surface area contributed by atoms with E-state index in [-0.39, 0.29) is 0 Å². The molecule has 0 amide bonds. The van der Waals surface area contributed by atoms with Crippen LogP contribution < -0.4 is 0 Å². The Morgan fingerprint density at radius 3 is 1.34 bits per heavy atom. The fraction of sp³-hybridized carbons (Fsp3) is 0.435. The van der Waals surface area contributed by atoms with Crippen molar-refractivity contribution >= 4 is 0 Å². The lowest BCUT2D eigenvalue weighted by molar-refractivity contribution is -0.309. The van der Waals surface area contributed by atoms with Crippen molar-refractivity contribution in [3.8, 4) is 0 Å². The smallest absolute Gasteiger partial charge is 0.187 e. The molecule has 7 heteroatoms. The first-order chi connectivity index (χ1) is 24.7. The van der Waals surface area contributed by atoms with Gasteiger partial charge >= 0.3 is 0 Å². The number of hydrogen-bond donors (Lipinski definition) is 5. The monoisotopic (exact) mass is 730 g/mol. The van der Waals surface area contributed by atoms with Crippen molar-refractivity contribution in [2.75, 3.05) is 0 Å². The van der Waals surface area contributed by atoms with Crippen LogP contribution in [0.3, 0.4) is 0 Å². The van der Waals surface area contributed by atoms with Crippen molar-refractivity contribution in [3.05, 3.63) is 155 Å². The average molecular weight is 731 g/mol. The third kappa shape index (κ3) is 21.6. The highest BCUT2D eigenvalue weighted by Gasteiger charge is 2.44. The number of hydrogen-bond acceptors (Lipinski definition) is 7. The molecule has 0 aromatic carbocycles. The summed E-state index contributed by atoms with van der Waals surface area (Å²) in [7, 11) is 0. The van der Waals surface area contributed by atoms with Crippen LogP contribution in [-0.4, -0.2) is 73.5 Å². The normalized spacial score (nSPS) is 24.9. The maximum Gasteiger partial charge on any atom is 0.187 e. The molecule has 292 valence electrons. The van der Waals surface area contributed by atoms with Crippen LogP contribution in [0.1, 0.15) is 82.6 Å². The van der Waals surface area contributed by atoms with Crippen LogP contribution in [0.2, 0.25) is 0 Å². The van der Waals surface area contributed by atoms with E-state index >= 15 is 0 Å². The summed E-state index contributed by atoms with van der Waals surface area (Å²) in [5.74, 6) is 0. The first kappa shape index (κ1) is 47.4. The van der Waals surface area contributed by atoms with Crippen molar-refractivity contribution in [2.24, 2.45) is 0 Å². The van der Waals surface area contributed by atoms with Crippen LogP contribution in [-0.2, 0) is 9.47 Å². The number of ether oxygens (including phenoxy) is 2. The Morgan fingerprint density at radius 2 is 0.943 bits per heavy atom. The van der Waals surface area contributed by atoms with Gasteiger partial charge in [-0.2, -0.15) is 0 Å². The summed E-state index contributed by atoms with van der Waals surface area (Å²) in [5.41, 5.74) is 4.54. The lowest BCUT2D eigenvalue weighted by Gasteiger charge is -2.41. The Labute approximate surface area is 319 Å². The maximum absolute atomic E-state index is 10.7. The molecule has 5 N–H and O–H groups in total. The summed E-state index contributed by atoms with van der Waals surface area (Å²) >= 11 is 0. The summed E-state index contributed by atoms with van der Waals surface area (Å²) in [5, 5.41) is 50.8. The third-order valence-electron chi connectivity index (χ3n) is 8.02. The fourth-order valence-electron chi connectivity index (χ4n) is 4.64. The van der Waals surface area contributed by atoms with Gasteiger partial charge in [0.2, 0.25) is 0 Å². The van der Waals surface area contributed by atoms with Crippen molar-refractivity contribution < 1.29 is 35.0 Å². The first-order valence-electron chi connectivity index (χ1n) is 18.3. The van der Waals surface area contributed by atoms with E-state index in [9.17, 15) is 25.5 Å². The molecule has 0 spiro atoms. The molecule has 0 aliphatic carbocycles. The molecule has 0 aromatic heterocycles. The predicted molar refractivity (Wildman–Crippen MR) is 221 cm³/mol. The minimum atomic E-state index is -1.45. The molecule has 1 rings (SSSR count). The quantitative estimate of drug-likeness (QED) is 0.0896. The Morgan fingerprint density at radius 1 is 0.566 bits per heavy atom. The second-order valence-electron chi connectivity index (χ2n) is 15.0. The van der Waals surface area contributed by atoms with E-state index < -0.39 is 48.0 Å². The van der Waals surface area contributed by atoms with E-state index in [2.05, 4.69) is 63.3 Å². The summed E-state index contributed by atoms with van der Waals surface area (Å²) in [6.45, 7) is 20.5. The second-order valence-corrected chi connectivity index (χ2v) is 15.0. The number of aliphatic hydroxyl groups excluding tert-OH is 3. The van der Waals surface area contributed by atoms with Gasteiger partial charge in [0.25, 0.3) is 0 Å². The van der Waals surface area contributed by atoms with Crippen LogP contribution in [0.5, 0.6) is 0 Å². The predicted octanol–water partition coefficient (Wildman–Crippen LogP) is 8.70. The highest BCUT2D eigenvalue weighted by atomic mass is 16.7. The Hall–Kier alpha value is -3.66. The molecule has 0 unspecified atom stereocenters. The standard InChI is InChI=1S/C46H66O7/c1-33(21-14-23-35(3)25-16-27-37(5)29-18-32-45(8,9)50)19-12-13-20-34(2)22-15-24-36(4)26-17-28-38(6)30-31-40(46(10,11)51)53-44-43(49)42(48)41(47)39(7)52-44/h12-31,39-44,47-51H,32H2,1-11H3/b13-12+,21-14+,22-15+,25-16+,26-17+,29-18+,31-30+,33-19+,34-20+,35-23+,36-24+,37-27+,38-28+/t39-,40-,41-,42+,43+,44-/m0/s1. The van der Waals surface area contributed by atoms with Crippen molar-refractivity contribution in [2.45, 2.75) is 131 Å². The largest absolute Gasteiger partial charge is 0.390 e. The van der Waals surface area contributed by atoms with E-state index in [0.717, 1.165) is 33.4 Å². The van der Waals surface area contributed by atoms with Crippen LogP contribution in [0, 0.1) is 0 Å². The Balaban J connectivity index is 2.67. The molecule has 0 aromatic rings. The van der Waals surface area contributed by atoms with Gasteiger partial charge in [-0.15, -0.1) is 0 Å². The van der Waals surface area contributed by atoms with E-state index in [4.69, 9.17) is 9.47 Å². The van der Waals surface area contributed by atoms with E-state index in [1.54, 1.807) is 40.7 Å². The van der Waals surface area contributed by atoms with E-state index in [0.29, 0.717) is 6.42 Å². The molecule has 1 aliphatic rings. The SMILES string of the molecule is CC(/C=C/C=C(C)/C=C/C=C(C)/C=C/CC(C)(C)O)=C\C=C\C=C(C)\C=C\C=C(C)\C=C\C=C(C)\C=C\[C@H](O[C@@H]1O[C@@H](C)[C@H](O)[C@@H](O)[C@H]1O)C(C)(C)O. The molecule has 1 aliphatic heterocycles. The summed E-state index contributed by atoms with van der Waals surface area (Å²) in [6.07, 6.45) is 33.8. The highest BCUT2D eigenvalue weighted by molar-refractivity contribution is 5.33. The Bertz CT molecular complexity index is 1540. The topological polar surface area (TPSA) is 120 Å². The molecule has 1 saturated heterocycles. The molecule has 53 heavy (non-hydrogen) atoms.